The van der Waals surface area contributed by atoms with E-state index in [0.29, 0.717) is 12.0 Å². The molecule has 2 saturated heterocycles. The fraction of sp³-hybridized carbons (Fsp3) is 0.545. The molecular formula is C22H33IN6. The van der Waals surface area contributed by atoms with Gasteiger partial charge in [0.05, 0.1) is 6.20 Å². The van der Waals surface area contributed by atoms with Crippen LogP contribution < -0.4 is 5.32 Å². The Morgan fingerprint density at radius 1 is 1.21 bits per heavy atom. The van der Waals surface area contributed by atoms with Crippen molar-refractivity contribution in [3.8, 4) is 0 Å². The molecule has 2 aliphatic rings. The first-order valence-electron chi connectivity index (χ1n) is 10.4. The maximum Gasteiger partial charge on any atom is 0.193 e. The van der Waals surface area contributed by atoms with Crippen molar-refractivity contribution in [2.75, 3.05) is 33.2 Å². The van der Waals surface area contributed by atoms with Crippen LogP contribution in [0.15, 0.2) is 47.7 Å². The first kappa shape index (κ1) is 22.1. The van der Waals surface area contributed by atoms with Crippen molar-refractivity contribution in [1.29, 1.82) is 0 Å². The van der Waals surface area contributed by atoms with Crippen molar-refractivity contribution in [2.24, 2.45) is 12.0 Å². The standard InChI is InChI=1S/C22H32N6.HI/c1-23-22(28-12-10-19(17-28)20-13-25-26(2)16-20)24-14-21-9-6-11-27(21)15-18-7-4-3-5-8-18;/h3-5,7-8,13,16,19,21H,6,9-12,14-15,17H2,1-2H3,(H,23,24);1H. The molecule has 1 N–H and O–H groups in total. The van der Waals surface area contributed by atoms with Crippen LogP contribution in [0, 0.1) is 0 Å². The van der Waals surface area contributed by atoms with Crippen molar-refractivity contribution in [3.63, 3.8) is 0 Å². The van der Waals surface area contributed by atoms with Crippen molar-refractivity contribution >= 4 is 29.9 Å². The summed E-state index contributed by atoms with van der Waals surface area (Å²) in [4.78, 5) is 9.57. The predicted octanol–water partition coefficient (Wildman–Crippen LogP) is 3.07. The van der Waals surface area contributed by atoms with Crippen LogP contribution in [0.4, 0.5) is 0 Å². The number of halogens is 1. The van der Waals surface area contributed by atoms with Crippen LogP contribution in [0.2, 0.25) is 0 Å². The summed E-state index contributed by atoms with van der Waals surface area (Å²) < 4.78 is 1.90. The predicted molar refractivity (Wildman–Crippen MR) is 129 cm³/mol. The molecule has 1 aromatic carbocycles. The number of aryl methyl sites for hydroxylation is 1. The number of aliphatic imine (C=N–C) groups is 1. The fourth-order valence-corrected chi connectivity index (χ4v) is 4.57. The second-order valence-electron chi connectivity index (χ2n) is 8.06. The van der Waals surface area contributed by atoms with E-state index in [9.17, 15) is 0 Å². The van der Waals surface area contributed by atoms with Gasteiger partial charge in [0.25, 0.3) is 0 Å². The van der Waals surface area contributed by atoms with Gasteiger partial charge in [-0.15, -0.1) is 24.0 Å². The molecule has 3 heterocycles. The molecular weight excluding hydrogens is 475 g/mol. The molecule has 2 fully saturated rings. The van der Waals surface area contributed by atoms with Crippen LogP contribution in [0.1, 0.15) is 36.3 Å². The van der Waals surface area contributed by atoms with Gasteiger partial charge in [0.1, 0.15) is 0 Å². The quantitative estimate of drug-likeness (QED) is 0.383. The largest absolute Gasteiger partial charge is 0.355 e. The zero-order valence-electron chi connectivity index (χ0n) is 17.5. The number of aromatic nitrogens is 2. The summed E-state index contributed by atoms with van der Waals surface area (Å²) in [6, 6.07) is 11.4. The van der Waals surface area contributed by atoms with E-state index < -0.39 is 0 Å². The second-order valence-corrected chi connectivity index (χ2v) is 8.06. The molecule has 158 valence electrons. The fourth-order valence-electron chi connectivity index (χ4n) is 4.57. The van der Waals surface area contributed by atoms with Crippen molar-refractivity contribution in [2.45, 2.75) is 37.8 Å². The third-order valence-corrected chi connectivity index (χ3v) is 6.12. The summed E-state index contributed by atoms with van der Waals surface area (Å²) in [5.41, 5.74) is 2.74. The first-order valence-corrected chi connectivity index (χ1v) is 10.4. The van der Waals surface area contributed by atoms with E-state index in [1.54, 1.807) is 0 Å². The number of guanidine groups is 1. The van der Waals surface area contributed by atoms with Crippen LogP contribution in [0.25, 0.3) is 0 Å². The lowest BCUT2D eigenvalue weighted by molar-refractivity contribution is 0.244. The van der Waals surface area contributed by atoms with Gasteiger partial charge in [0.15, 0.2) is 5.96 Å². The van der Waals surface area contributed by atoms with Gasteiger partial charge in [-0.25, -0.2) is 0 Å². The Kier molecular flexibility index (Phi) is 7.94. The molecule has 2 aromatic rings. The minimum atomic E-state index is 0. The summed E-state index contributed by atoms with van der Waals surface area (Å²) in [5, 5.41) is 7.99. The van der Waals surface area contributed by atoms with E-state index in [1.165, 1.54) is 30.5 Å². The molecule has 6 nitrogen and oxygen atoms in total. The van der Waals surface area contributed by atoms with Gasteiger partial charge in [-0.2, -0.15) is 5.10 Å². The molecule has 0 amide bonds. The molecule has 2 unspecified atom stereocenters. The van der Waals surface area contributed by atoms with Crippen LogP contribution in [0.5, 0.6) is 0 Å². The van der Waals surface area contributed by atoms with Crippen LogP contribution >= 0.6 is 24.0 Å². The summed E-state index contributed by atoms with van der Waals surface area (Å²) >= 11 is 0. The summed E-state index contributed by atoms with van der Waals surface area (Å²) in [6.07, 6.45) is 7.85. The van der Waals surface area contributed by atoms with E-state index in [0.717, 1.165) is 38.6 Å². The maximum absolute atomic E-state index is 4.57. The monoisotopic (exact) mass is 508 g/mol. The molecule has 0 bridgehead atoms. The first-order chi connectivity index (χ1) is 13.7. The van der Waals surface area contributed by atoms with Crippen LogP contribution in [0.3, 0.4) is 0 Å². The zero-order valence-corrected chi connectivity index (χ0v) is 19.8. The Labute approximate surface area is 191 Å². The average Bonchev–Trinajstić information content (AvgIpc) is 3.45. The average molecular weight is 508 g/mol. The van der Waals surface area contributed by atoms with E-state index in [2.05, 4.69) is 61.7 Å². The molecule has 2 atom stereocenters. The highest BCUT2D eigenvalue weighted by Crippen LogP contribution is 2.27. The van der Waals surface area contributed by atoms with Gasteiger partial charge in [0, 0.05) is 58.4 Å². The lowest BCUT2D eigenvalue weighted by atomic mass is 10.0. The van der Waals surface area contributed by atoms with Crippen LogP contribution in [-0.2, 0) is 13.6 Å². The minimum absolute atomic E-state index is 0. The highest BCUT2D eigenvalue weighted by Gasteiger charge is 2.29. The highest BCUT2D eigenvalue weighted by atomic mass is 127. The SMILES string of the molecule is CN=C(NCC1CCCN1Cc1ccccc1)N1CCC(c2cnn(C)c2)C1.I. The third kappa shape index (κ3) is 5.51. The van der Waals surface area contributed by atoms with E-state index in [-0.39, 0.29) is 24.0 Å². The molecule has 29 heavy (non-hydrogen) atoms. The lowest BCUT2D eigenvalue weighted by Crippen LogP contribution is -2.45. The Hall–Kier alpha value is -1.61. The number of likely N-dealkylation sites (tertiary alicyclic amines) is 2. The summed E-state index contributed by atoms with van der Waals surface area (Å²) in [5.74, 6) is 1.59. The number of benzene rings is 1. The van der Waals surface area contributed by atoms with Gasteiger partial charge >= 0.3 is 0 Å². The molecule has 0 aliphatic carbocycles. The number of hydrogen-bond donors (Lipinski definition) is 1. The number of rotatable bonds is 5. The third-order valence-electron chi connectivity index (χ3n) is 6.12. The normalized spacial score (nSPS) is 22.7. The summed E-state index contributed by atoms with van der Waals surface area (Å²) in [6.45, 7) is 5.26. The van der Waals surface area contributed by atoms with Crippen LogP contribution in [-0.4, -0.2) is 64.8 Å². The molecule has 4 rings (SSSR count). The zero-order chi connectivity index (χ0) is 19.3. The smallest absolute Gasteiger partial charge is 0.193 e. The molecule has 7 heteroatoms. The lowest BCUT2D eigenvalue weighted by Gasteiger charge is -2.28. The Bertz CT molecular complexity index is 790. The van der Waals surface area contributed by atoms with Gasteiger partial charge in [0.2, 0.25) is 0 Å². The maximum atomic E-state index is 4.57. The summed E-state index contributed by atoms with van der Waals surface area (Å²) in [7, 11) is 3.88. The highest BCUT2D eigenvalue weighted by molar-refractivity contribution is 14.0. The minimum Gasteiger partial charge on any atom is -0.355 e. The van der Waals surface area contributed by atoms with Gasteiger partial charge in [-0.05, 0) is 36.9 Å². The Morgan fingerprint density at radius 3 is 2.76 bits per heavy atom. The molecule has 1 aromatic heterocycles. The van der Waals surface area contributed by atoms with Crippen molar-refractivity contribution < 1.29 is 0 Å². The molecule has 0 spiro atoms. The Morgan fingerprint density at radius 2 is 2.03 bits per heavy atom. The number of hydrogen-bond acceptors (Lipinski definition) is 3. The Balaban J connectivity index is 0.00000240. The van der Waals surface area contributed by atoms with Gasteiger partial charge in [-0.3, -0.25) is 14.6 Å². The van der Waals surface area contributed by atoms with E-state index in [4.69, 9.17) is 0 Å². The van der Waals surface area contributed by atoms with E-state index in [1.807, 2.05) is 25.0 Å². The van der Waals surface area contributed by atoms with Gasteiger partial charge in [-0.1, -0.05) is 30.3 Å². The topological polar surface area (TPSA) is 48.7 Å². The van der Waals surface area contributed by atoms with Crippen molar-refractivity contribution in [1.82, 2.24) is 24.9 Å². The number of nitrogens with zero attached hydrogens (tertiary/aromatic N) is 5. The molecule has 0 saturated carbocycles. The number of nitrogens with one attached hydrogen (secondary N) is 1. The van der Waals surface area contributed by atoms with E-state index >= 15 is 0 Å². The molecule has 2 aliphatic heterocycles. The second kappa shape index (κ2) is 10.4. The van der Waals surface area contributed by atoms with Crippen molar-refractivity contribution in [3.05, 3.63) is 53.9 Å². The van der Waals surface area contributed by atoms with Gasteiger partial charge < -0.3 is 10.2 Å². The molecule has 0 radical (unpaired) electrons.